The Kier molecular flexibility index (Phi) is 7.73. The van der Waals surface area contributed by atoms with Crippen molar-refractivity contribution in [3.05, 3.63) is 76.8 Å². The van der Waals surface area contributed by atoms with Gasteiger partial charge in [0.05, 0.1) is 16.5 Å². The minimum absolute atomic E-state index is 0.0352. The molecule has 10 heteroatoms. The number of anilines is 1. The Bertz CT molecular complexity index is 1060. The molecule has 0 saturated heterocycles. The highest BCUT2D eigenvalue weighted by atomic mass is 35.5. The lowest BCUT2D eigenvalue weighted by atomic mass is 10.3. The number of carbonyl (C=O) groups excluding carboxylic acids is 1. The largest absolute Gasteiger partial charge is 0.484 e. The Morgan fingerprint density at radius 1 is 1.27 bits per heavy atom. The maximum absolute atomic E-state index is 13.7. The second kappa shape index (κ2) is 10.5. The van der Waals surface area contributed by atoms with Crippen LogP contribution in [-0.2, 0) is 17.9 Å². The number of hydrogen-bond donors (Lipinski definition) is 1. The SMILES string of the molecule is C=CCn1c(COc2ccc(Cl)cc2Cl)nnc1SCC(=O)Nc1ccccc1F. The molecule has 0 spiro atoms. The minimum atomic E-state index is -0.494. The van der Waals surface area contributed by atoms with E-state index >= 15 is 0 Å². The lowest BCUT2D eigenvalue weighted by Gasteiger charge is -2.10. The molecule has 6 nitrogen and oxygen atoms in total. The van der Waals surface area contributed by atoms with Crippen LogP contribution < -0.4 is 10.1 Å². The van der Waals surface area contributed by atoms with E-state index in [1.165, 1.54) is 23.9 Å². The van der Waals surface area contributed by atoms with Gasteiger partial charge in [-0.05, 0) is 30.3 Å². The van der Waals surface area contributed by atoms with Crippen LogP contribution in [0.25, 0.3) is 0 Å². The molecule has 0 aliphatic rings. The Hall–Kier alpha value is -2.55. The van der Waals surface area contributed by atoms with E-state index in [1.54, 1.807) is 41.0 Å². The molecule has 1 aromatic heterocycles. The number of allylic oxidation sites excluding steroid dienone is 1. The number of nitrogens with one attached hydrogen (secondary N) is 1. The smallest absolute Gasteiger partial charge is 0.234 e. The van der Waals surface area contributed by atoms with Gasteiger partial charge in [0.15, 0.2) is 11.0 Å². The number of rotatable bonds is 9. The Morgan fingerprint density at radius 2 is 2.07 bits per heavy atom. The summed E-state index contributed by atoms with van der Waals surface area (Å²) in [5.41, 5.74) is 0.129. The Balaban J connectivity index is 1.64. The number of ether oxygens (including phenoxy) is 1. The molecule has 1 heterocycles. The Morgan fingerprint density at radius 3 is 2.80 bits per heavy atom. The van der Waals surface area contributed by atoms with Gasteiger partial charge < -0.3 is 10.1 Å². The highest BCUT2D eigenvalue weighted by Crippen LogP contribution is 2.28. The van der Waals surface area contributed by atoms with Crippen molar-refractivity contribution >= 4 is 46.6 Å². The number of carbonyl (C=O) groups is 1. The van der Waals surface area contributed by atoms with Crippen LogP contribution in [0.1, 0.15) is 5.82 Å². The summed E-state index contributed by atoms with van der Waals surface area (Å²) in [6, 6.07) is 10.9. The first-order valence-electron chi connectivity index (χ1n) is 8.76. The molecule has 1 N–H and O–H groups in total. The van der Waals surface area contributed by atoms with Crippen molar-refractivity contribution in [3.8, 4) is 5.75 Å². The van der Waals surface area contributed by atoms with Gasteiger partial charge in [-0.25, -0.2) is 4.39 Å². The lowest BCUT2D eigenvalue weighted by Crippen LogP contribution is -2.15. The van der Waals surface area contributed by atoms with Gasteiger partial charge in [-0.3, -0.25) is 9.36 Å². The molecule has 3 aromatic rings. The van der Waals surface area contributed by atoms with Crippen molar-refractivity contribution in [1.82, 2.24) is 14.8 Å². The zero-order valence-corrected chi connectivity index (χ0v) is 18.0. The molecular weight excluding hydrogens is 450 g/mol. The molecule has 1 amide bonds. The number of benzene rings is 2. The van der Waals surface area contributed by atoms with E-state index in [-0.39, 0.29) is 24.0 Å². The van der Waals surface area contributed by atoms with E-state index in [2.05, 4.69) is 22.1 Å². The van der Waals surface area contributed by atoms with Crippen LogP contribution in [0.5, 0.6) is 5.75 Å². The topological polar surface area (TPSA) is 69.0 Å². The van der Waals surface area contributed by atoms with Crippen LogP contribution in [0.2, 0.25) is 10.0 Å². The van der Waals surface area contributed by atoms with Gasteiger partial charge in [-0.1, -0.05) is 53.2 Å². The first-order valence-corrected chi connectivity index (χ1v) is 10.5. The molecule has 156 valence electrons. The summed E-state index contributed by atoms with van der Waals surface area (Å²) in [7, 11) is 0. The highest BCUT2D eigenvalue weighted by Gasteiger charge is 2.15. The van der Waals surface area contributed by atoms with E-state index in [1.807, 2.05) is 0 Å². The first-order chi connectivity index (χ1) is 14.5. The first kappa shape index (κ1) is 22.1. The van der Waals surface area contributed by atoms with Crippen molar-refractivity contribution in [2.24, 2.45) is 0 Å². The van der Waals surface area contributed by atoms with Crippen LogP contribution in [0.3, 0.4) is 0 Å². The third-order valence-corrected chi connectivity index (χ3v) is 5.33. The van der Waals surface area contributed by atoms with E-state index in [4.69, 9.17) is 27.9 Å². The molecule has 0 aliphatic carbocycles. The summed E-state index contributed by atoms with van der Waals surface area (Å²) in [5, 5.41) is 12.2. The van der Waals surface area contributed by atoms with Gasteiger partial charge in [0.1, 0.15) is 18.2 Å². The molecule has 0 aliphatic heterocycles. The molecule has 0 radical (unpaired) electrons. The maximum Gasteiger partial charge on any atom is 0.234 e. The minimum Gasteiger partial charge on any atom is -0.484 e. The second-order valence-electron chi connectivity index (χ2n) is 5.98. The fourth-order valence-electron chi connectivity index (χ4n) is 2.46. The normalized spacial score (nSPS) is 10.6. The zero-order valence-electron chi connectivity index (χ0n) is 15.6. The summed E-state index contributed by atoms with van der Waals surface area (Å²) in [6.45, 7) is 4.28. The van der Waals surface area contributed by atoms with Crippen molar-refractivity contribution in [2.75, 3.05) is 11.1 Å². The molecule has 0 saturated carbocycles. The summed E-state index contributed by atoms with van der Waals surface area (Å²) >= 11 is 13.2. The fourth-order valence-corrected chi connectivity index (χ4v) is 3.69. The average molecular weight is 467 g/mol. The van der Waals surface area contributed by atoms with Gasteiger partial charge in [0.25, 0.3) is 0 Å². The number of para-hydroxylation sites is 1. The number of nitrogens with zero attached hydrogens (tertiary/aromatic N) is 3. The van der Waals surface area contributed by atoms with Gasteiger partial charge in [0.2, 0.25) is 5.91 Å². The number of halogens is 3. The van der Waals surface area contributed by atoms with Crippen molar-refractivity contribution in [1.29, 1.82) is 0 Å². The molecule has 30 heavy (non-hydrogen) atoms. The van der Waals surface area contributed by atoms with Gasteiger partial charge in [-0.2, -0.15) is 0 Å². The van der Waals surface area contributed by atoms with Crippen molar-refractivity contribution in [2.45, 2.75) is 18.3 Å². The van der Waals surface area contributed by atoms with Crippen LogP contribution in [0.4, 0.5) is 10.1 Å². The molecule has 2 aromatic carbocycles. The molecule has 0 fully saturated rings. The number of aromatic nitrogens is 3. The van der Waals surface area contributed by atoms with Gasteiger partial charge in [-0.15, -0.1) is 16.8 Å². The maximum atomic E-state index is 13.7. The highest BCUT2D eigenvalue weighted by molar-refractivity contribution is 7.99. The predicted molar refractivity (Wildman–Crippen MR) is 117 cm³/mol. The monoisotopic (exact) mass is 466 g/mol. The van der Waals surface area contributed by atoms with E-state index in [9.17, 15) is 9.18 Å². The van der Waals surface area contributed by atoms with E-state index < -0.39 is 5.82 Å². The van der Waals surface area contributed by atoms with E-state index in [0.717, 1.165) is 0 Å². The molecule has 0 bridgehead atoms. The summed E-state index contributed by atoms with van der Waals surface area (Å²) in [5.74, 6) is 0.189. The molecule has 0 atom stereocenters. The van der Waals surface area contributed by atoms with E-state index in [0.29, 0.717) is 33.3 Å². The average Bonchev–Trinajstić information content (AvgIpc) is 3.09. The lowest BCUT2D eigenvalue weighted by molar-refractivity contribution is -0.113. The summed E-state index contributed by atoms with van der Waals surface area (Å²) in [4.78, 5) is 12.2. The standard InChI is InChI=1S/C20H17Cl2FN4O2S/c1-2-9-27-18(11-29-17-8-7-13(21)10-14(17)22)25-26-20(27)30-12-19(28)24-16-6-4-3-5-15(16)23/h2-8,10H,1,9,11-12H2,(H,24,28). The molecular formula is C20H17Cl2FN4O2S. The van der Waals surface area contributed by atoms with Crippen molar-refractivity contribution < 1.29 is 13.9 Å². The van der Waals surface area contributed by atoms with Crippen LogP contribution in [-0.4, -0.2) is 26.4 Å². The van der Waals surface area contributed by atoms with Gasteiger partial charge >= 0.3 is 0 Å². The summed E-state index contributed by atoms with van der Waals surface area (Å²) in [6.07, 6.45) is 1.69. The van der Waals surface area contributed by atoms with Crippen LogP contribution >= 0.6 is 35.0 Å². The van der Waals surface area contributed by atoms with Crippen molar-refractivity contribution in [3.63, 3.8) is 0 Å². The molecule has 3 rings (SSSR count). The Labute approximate surface area is 187 Å². The number of amides is 1. The summed E-state index contributed by atoms with van der Waals surface area (Å²) < 4.78 is 21.2. The quantitative estimate of drug-likeness (QED) is 0.345. The fraction of sp³-hybridized carbons (Fsp3) is 0.150. The molecule has 0 unspecified atom stereocenters. The zero-order chi connectivity index (χ0) is 21.5. The van der Waals surface area contributed by atoms with Crippen LogP contribution in [0, 0.1) is 5.82 Å². The number of hydrogen-bond acceptors (Lipinski definition) is 5. The predicted octanol–water partition coefficient (Wildman–Crippen LogP) is 5.22. The third kappa shape index (κ3) is 5.75. The van der Waals surface area contributed by atoms with Crippen LogP contribution in [0.15, 0.2) is 60.3 Å². The van der Waals surface area contributed by atoms with Gasteiger partial charge in [0, 0.05) is 11.6 Å². The number of thioether (sulfide) groups is 1. The third-order valence-electron chi connectivity index (χ3n) is 3.84. The second-order valence-corrected chi connectivity index (χ2v) is 7.76.